The lowest BCUT2D eigenvalue weighted by Crippen LogP contribution is -2.21. The SMILES string of the molecule is CCCC[P+](CCCC)(CCCC)c1cccc(-c2nccc3ccccc23)c1. The van der Waals surface area contributed by atoms with Crippen LogP contribution in [0, 0.1) is 0 Å². The van der Waals surface area contributed by atoms with Crippen molar-refractivity contribution in [1.29, 1.82) is 0 Å². The number of fused-ring (bicyclic) bond motifs is 1. The van der Waals surface area contributed by atoms with Crippen molar-refractivity contribution in [3.05, 3.63) is 60.8 Å². The van der Waals surface area contributed by atoms with Crippen molar-refractivity contribution in [3.63, 3.8) is 0 Å². The van der Waals surface area contributed by atoms with Gasteiger partial charge in [-0.3, -0.25) is 4.98 Å². The molecular weight excluding hydrogens is 369 g/mol. The number of nitrogens with zero attached hydrogens (tertiary/aromatic N) is 1. The summed E-state index contributed by atoms with van der Waals surface area (Å²) in [6.07, 6.45) is 14.2. The Bertz CT molecular complexity index is 875. The van der Waals surface area contributed by atoms with Gasteiger partial charge in [-0.1, -0.05) is 76.4 Å². The van der Waals surface area contributed by atoms with Gasteiger partial charge in [0.1, 0.15) is 0 Å². The van der Waals surface area contributed by atoms with Crippen LogP contribution < -0.4 is 5.30 Å². The average Bonchev–Trinajstić information content (AvgIpc) is 2.78. The Hall–Kier alpha value is -1.72. The molecule has 0 bridgehead atoms. The fourth-order valence-corrected chi connectivity index (χ4v) is 9.43. The van der Waals surface area contributed by atoms with Crippen molar-refractivity contribution in [2.75, 3.05) is 18.5 Å². The van der Waals surface area contributed by atoms with E-state index in [1.165, 1.54) is 73.3 Å². The number of aromatic nitrogens is 1. The van der Waals surface area contributed by atoms with Gasteiger partial charge in [0, 0.05) is 24.4 Å². The lowest BCUT2D eigenvalue weighted by atomic mass is 10.0. The molecule has 0 saturated heterocycles. The van der Waals surface area contributed by atoms with Gasteiger partial charge in [0.05, 0.1) is 29.5 Å². The summed E-state index contributed by atoms with van der Waals surface area (Å²) in [6, 6.07) is 20.2. The van der Waals surface area contributed by atoms with Crippen molar-refractivity contribution in [2.45, 2.75) is 59.3 Å². The molecule has 0 fully saturated rings. The van der Waals surface area contributed by atoms with Crippen LogP contribution in [-0.4, -0.2) is 23.5 Å². The predicted octanol–water partition coefficient (Wildman–Crippen LogP) is 7.95. The lowest BCUT2D eigenvalue weighted by Gasteiger charge is -2.28. The third-order valence-corrected chi connectivity index (χ3v) is 11.1. The van der Waals surface area contributed by atoms with Gasteiger partial charge in [-0.25, -0.2) is 0 Å². The Kier molecular flexibility index (Phi) is 8.25. The highest BCUT2D eigenvalue weighted by atomic mass is 31.2. The number of hydrogen-bond acceptors (Lipinski definition) is 1. The molecule has 0 aliphatic carbocycles. The third kappa shape index (κ3) is 5.26. The summed E-state index contributed by atoms with van der Waals surface area (Å²) in [5, 5.41) is 4.17. The first-order chi connectivity index (χ1) is 14.2. The minimum Gasteiger partial charge on any atom is -0.256 e. The molecule has 0 saturated carbocycles. The van der Waals surface area contributed by atoms with E-state index in [9.17, 15) is 0 Å². The maximum Gasteiger partial charge on any atom is 0.0946 e. The van der Waals surface area contributed by atoms with E-state index in [0.29, 0.717) is 0 Å². The number of benzene rings is 2. The highest BCUT2D eigenvalue weighted by Crippen LogP contribution is 2.59. The van der Waals surface area contributed by atoms with Crippen molar-refractivity contribution in [1.82, 2.24) is 4.98 Å². The van der Waals surface area contributed by atoms with Crippen LogP contribution in [0.25, 0.3) is 22.0 Å². The van der Waals surface area contributed by atoms with Crippen LogP contribution in [0.5, 0.6) is 0 Å². The number of rotatable bonds is 11. The van der Waals surface area contributed by atoms with Crippen LogP contribution in [0.2, 0.25) is 0 Å². The molecule has 0 radical (unpaired) electrons. The summed E-state index contributed by atoms with van der Waals surface area (Å²) >= 11 is 0. The molecule has 0 N–H and O–H groups in total. The fourth-order valence-electron chi connectivity index (χ4n) is 4.40. The van der Waals surface area contributed by atoms with Crippen molar-refractivity contribution >= 4 is 23.3 Å². The molecule has 1 aromatic heterocycles. The second-order valence-electron chi connectivity index (χ2n) is 8.31. The van der Waals surface area contributed by atoms with E-state index in [2.05, 4.69) is 75.4 Å². The molecule has 0 aliphatic heterocycles. The third-order valence-electron chi connectivity index (χ3n) is 6.16. The highest BCUT2D eigenvalue weighted by Gasteiger charge is 2.38. The van der Waals surface area contributed by atoms with Crippen LogP contribution >= 0.6 is 7.26 Å². The van der Waals surface area contributed by atoms with Gasteiger partial charge >= 0.3 is 0 Å². The maximum absolute atomic E-state index is 4.80. The molecule has 1 nitrogen and oxygen atoms in total. The number of hydrogen-bond donors (Lipinski definition) is 0. The normalized spacial score (nSPS) is 11.8. The molecule has 2 aromatic carbocycles. The maximum atomic E-state index is 4.80. The molecule has 154 valence electrons. The molecule has 0 unspecified atom stereocenters. The molecule has 3 aromatic rings. The fraction of sp³-hybridized carbons (Fsp3) is 0.444. The molecular formula is C27H37NP+. The van der Waals surface area contributed by atoms with E-state index in [0.717, 1.165) is 5.69 Å². The van der Waals surface area contributed by atoms with E-state index in [1.807, 2.05) is 6.20 Å². The number of pyridine rings is 1. The van der Waals surface area contributed by atoms with Crippen LogP contribution in [-0.2, 0) is 0 Å². The Balaban J connectivity index is 2.07. The summed E-state index contributed by atoms with van der Waals surface area (Å²) in [5.74, 6) is 0. The Morgan fingerprint density at radius 2 is 1.38 bits per heavy atom. The molecule has 3 rings (SSSR count). The molecule has 0 atom stereocenters. The summed E-state index contributed by atoms with van der Waals surface area (Å²) in [4.78, 5) is 4.80. The van der Waals surface area contributed by atoms with E-state index >= 15 is 0 Å². The van der Waals surface area contributed by atoms with E-state index in [-0.39, 0.29) is 0 Å². The molecule has 0 aliphatic rings. The van der Waals surface area contributed by atoms with Crippen molar-refractivity contribution in [3.8, 4) is 11.3 Å². The predicted molar refractivity (Wildman–Crippen MR) is 133 cm³/mol. The van der Waals surface area contributed by atoms with Crippen molar-refractivity contribution in [2.24, 2.45) is 0 Å². The second-order valence-corrected chi connectivity index (χ2v) is 12.5. The Morgan fingerprint density at radius 3 is 2.03 bits per heavy atom. The zero-order valence-corrected chi connectivity index (χ0v) is 19.4. The van der Waals surface area contributed by atoms with Crippen LogP contribution in [0.15, 0.2) is 60.8 Å². The standard InChI is InChI=1S/C27H37NP/c1-4-7-19-29(20-8-5-2,21-9-6-3)25-15-12-14-24(22-25)27-26-16-11-10-13-23(26)17-18-28-27/h10-18,22H,4-9,19-21H2,1-3H3/q+1. The van der Waals surface area contributed by atoms with E-state index in [4.69, 9.17) is 4.98 Å². The van der Waals surface area contributed by atoms with Crippen molar-refractivity contribution < 1.29 is 0 Å². The molecule has 2 heteroatoms. The lowest BCUT2D eigenvalue weighted by molar-refractivity contribution is 0.841. The van der Waals surface area contributed by atoms with Gasteiger partial charge in [0.25, 0.3) is 0 Å². The smallest absolute Gasteiger partial charge is 0.0946 e. The first-order valence-corrected chi connectivity index (χ1v) is 13.9. The summed E-state index contributed by atoms with van der Waals surface area (Å²) in [7, 11) is -1.13. The van der Waals surface area contributed by atoms with Gasteiger partial charge in [0.2, 0.25) is 0 Å². The first kappa shape index (κ1) is 22.0. The highest BCUT2D eigenvalue weighted by molar-refractivity contribution is 7.82. The van der Waals surface area contributed by atoms with Crippen LogP contribution in [0.4, 0.5) is 0 Å². The van der Waals surface area contributed by atoms with E-state index in [1.54, 1.807) is 5.30 Å². The largest absolute Gasteiger partial charge is 0.256 e. The second kappa shape index (κ2) is 10.9. The minimum atomic E-state index is -1.13. The zero-order valence-electron chi connectivity index (χ0n) is 18.5. The summed E-state index contributed by atoms with van der Waals surface area (Å²) in [6.45, 7) is 7.01. The summed E-state index contributed by atoms with van der Waals surface area (Å²) in [5.41, 5.74) is 2.41. The average molecular weight is 407 g/mol. The first-order valence-electron chi connectivity index (χ1n) is 11.5. The van der Waals surface area contributed by atoms with Gasteiger partial charge in [-0.15, -0.1) is 0 Å². The zero-order chi connectivity index (χ0) is 20.5. The van der Waals surface area contributed by atoms with Crippen LogP contribution in [0.1, 0.15) is 59.3 Å². The molecule has 0 spiro atoms. The molecule has 29 heavy (non-hydrogen) atoms. The monoisotopic (exact) mass is 406 g/mol. The summed E-state index contributed by atoms with van der Waals surface area (Å²) < 4.78 is 0. The van der Waals surface area contributed by atoms with Gasteiger partial charge < -0.3 is 0 Å². The van der Waals surface area contributed by atoms with Crippen LogP contribution in [0.3, 0.4) is 0 Å². The van der Waals surface area contributed by atoms with Gasteiger partial charge in [0.15, 0.2) is 0 Å². The molecule has 0 amide bonds. The van der Waals surface area contributed by atoms with Gasteiger partial charge in [-0.05, 0) is 42.8 Å². The molecule has 1 heterocycles. The van der Waals surface area contributed by atoms with E-state index < -0.39 is 7.26 Å². The number of unbranched alkanes of at least 4 members (excludes halogenated alkanes) is 3. The van der Waals surface area contributed by atoms with Gasteiger partial charge in [-0.2, -0.15) is 0 Å². The quantitative estimate of drug-likeness (QED) is 0.294. The minimum absolute atomic E-state index is 1.13. The Labute approximate surface area is 178 Å². The topological polar surface area (TPSA) is 12.9 Å². The Morgan fingerprint density at radius 1 is 0.724 bits per heavy atom.